The van der Waals surface area contributed by atoms with Gasteiger partial charge in [-0.05, 0) is 24.1 Å². The number of nitrogens with zero attached hydrogens (tertiary/aromatic N) is 6. The topological polar surface area (TPSA) is 197 Å². The third kappa shape index (κ3) is 6.91. The molecule has 1 aliphatic heterocycles. The number of ether oxygens (including phenoxy) is 5. The molecule has 0 spiro atoms. The smallest absolute Gasteiger partial charge is 0.345 e. The molecule has 0 aliphatic carbocycles. The lowest BCUT2D eigenvalue weighted by Gasteiger charge is -2.35. The van der Waals surface area contributed by atoms with Crippen LogP contribution in [0.4, 0.5) is 5.69 Å². The summed E-state index contributed by atoms with van der Waals surface area (Å²) in [6, 6.07) is 5.49. The number of nitro groups is 1. The summed E-state index contributed by atoms with van der Waals surface area (Å²) in [7, 11) is 0. The summed E-state index contributed by atoms with van der Waals surface area (Å²) >= 11 is 13.5. The minimum Gasteiger partial charge on any atom is -0.464 e. The molecule has 0 amide bonds. The quantitative estimate of drug-likeness (QED) is 0.0385. The van der Waals surface area contributed by atoms with Gasteiger partial charge in [0.25, 0.3) is 5.69 Å². The second-order valence-electron chi connectivity index (χ2n) is 10.5. The molecule has 4 aromatic rings. The number of rotatable bonds is 12. The van der Waals surface area contributed by atoms with Gasteiger partial charge in [0.2, 0.25) is 22.6 Å². The molecule has 1 saturated heterocycles. The number of halogens is 2. The fourth-order valence-electron chi connectivity index (χ4n) is 5.40. The molecule has 1 aliphatic rings. The second kappa shape index (κ2) is 14.4. The summed E-state index contributed by atoms with van der Waals surface area (Å²) in [5.41, 5.74) is -1.98. The van der Waals surface area contributed by atoms with Crippen molar-refractivity contribution in [2.24, 2.45) is 0 Å². The summed E-state index contributed by atoms with van der Waals surface area (Å²) in [5.74, 6) is -0.0642. The van der Waals surface area contributed by atoms with E-state index in [1.165, 1.54) is 52.0 Å². The molecule has 0 N–H and O–H groups in total. The van der Waals surface area contributed by atoms with E-state index in [0.717, 1.165) is 13.8 Å². The maximum absolute atomic E-state index is 13.8. The van der Waals surface area contributed by atoms with Gasteiger partial charge in [-0.15, -0.1) is 17.8 Å². The van der Waals surface area contributed by atoms with Crippen LogP contribution < -0.4 is 0 Å². The zero-order valence-corrected chi connectivity index (χ0v) is 28.2. The molecular weight excluding hydrogens is 707 g/mol. The van der Waals surface area contributed by atoms with Crippen molar-refractivity contribution < 1.29 is 43.0 Å². The maximum Gasteiger partial charge on any atom is 0.345 e. The lowest BCUT2D eigenvalue weighted by atomic mass is 9.89. The SMILES string of the molecule is C#C[C@@]1(OC(C)=O)[C@@H](COC(Cc2ccc([N+](=O)[O-])cc2)(C(=O)OCC)c2cscn2)O[C@@H](n2cnc3c(Cl)nc(Cl)nc32)[C@@H]1OC(C)=O. The van der Waals surface area contributed by atoms with Gasteiger partial charge in [0.05, 0.1) is 35.7 Å². The molecule has 0 radical (unpaired) electrons. The van der Waals surface area contributed by atoms with Crippen molar-refractivity contribution in [1.29, 1.82) is 0 Å². The predicted molar refractivity (Wildman–Crippen MR) is 171 cm³/mol. The molecule has 1 fully saturated rings. The fraction of sp³-hybridized carbons (Fsp3) is 0.367. The van der Waals surface area contributed by atoms with Gasteiger partial charge in [0.1, 0.15) is 11.6 Å². The summed E-state index contributed by atoms with van der Waals surface area (Å²) < 4.78 is 30.9. The number of terminal acetylenes is 1. The van der Waals surface area contributed by atoms with E-state index in [9.17, 15) is 24.5 Å². The standard InChI is InChI=1S/C30H26Cl2N6O10S/c1-5-29(48-17(4)40)21(47-26(23(29)46-16(3)39)37-14-33-22-24(31)35-28(32)36-25(22)37)12-45-30(27(41)44-6-2,20-13-49-15-34-20)11-18-7-9-19(10-8-18)38(42)43/h1,7-10,13-15,21,23,26H,6,11-12H2,2-4H3/t21-,23+,26-,29-,30?/m1/s1. The Bertz CT molecular complexity index is 1940. The van der Waals surface area contributed by atoms with Crippen LogP contribution >= 0.6 is 34.5 Å². The van der Waals surface area contributed by atoms with Crippen LogP contribution in [-0.2, 0) is 50.1 Å². The number of imidazole rings is 1. The first-order valence-electron chi connectivity index (χ1n) is 14.3. The van der Waals surface area contributed by atoms with Crippen molar-refractivity contribution in [2.45, 2.75) is 56.8 Å². The van der Waals surface area contributed by atoms with Gasteiger partial charge in [-0.1, -0.05) is 29.7 Å². The number of benzene rings is 1. The van der Waals surface area contributed by atoms with E-state index >= 15 is 0 Å². The number of carbonyl (C=O) groups excluding carboxylic acids is 3. The molecule has 0 saturated carbocycles. The average molecular weight is 734 g/mol. The highest BCUT2D eigenvalue weighted by atomic mass is 35.5. The fourth-order valence-corrected chi connectivity index (χ4v) is 6.43. The van der Waals surface area contributed by atoms with Crippen LogP contribution in [0.2, 0.25) is 10.4 Å². The third-order valence-corrected chi connectivity index (χ3v) is 8.47. The van der Waals surface area contributed by atoms with Crippen molar-refractivity contribution in [1.82, 2.24) is 24.5 Å². The minimum atomic E-state index is -2.14. The number of hydrogen-bond acceptors (Lipinski definition) is 15. The minimum absolute atomic E-state index is 0.0344. The van der Waals surface area contributed by atoms with Crippen molar-refractivity contribution >= 4 is 69.3 Å². The van der Waals surface area contributed by atoms with Gasteiger partial charge < -0.3 is 23.7 Å². The lowest BCUT2D eigenvalue weighted by Crippen LogP contribution is -2.54. The van der Waals surface area contributed by atoms with Crippen LogP contribution in [0.5, 0.6) is 0 Å². The van der Waals surface area contributed by atoms with Crippen LogP contribution in [0, 0.1) is 22.5 Å². The van der Waals surface area contributed by atoms with E-state index in [1.54, 1.807) is 12.3 Å². The van der Waals surface area contributed by atoms with Crippen molar-refractivity contribution in [2.75, 3.05) is 13.2 Å². The van der Waals surface area contributed by atoms with Gasteiger partial charge in [-0.3, -0.25) is 24.3 Å². The number of non-ortho nitro benzene ring substituents is 1. The Balaban J connectivity index is 1.62. The Morgan fingerprint density at radius 2 is 1.92 bits per heavy atom. The summed E-state index contributed by atoms with van der Waals surface area (Å²) in [4.78, 5) is 66.3. The molecule has 3 aromatic heterocycles. The van der Waals surface area contributed by atoms with E-state index in [-0.39, 0.29) is 46.0 Å². The molecule has 0 bridgehead atoms. The van der Waals surface area contributed by atoms with E-state index in [4.69, 9.17) is 53.3 Å². The number of esters is 3. The predicted octanol–water partition coefficient (Wildman–Crippen LogP) is 3.98. The number of aromatic nitrogens is 5. The Hall–Kier alpha value is -4.73. The van der Waals surface area contributed by atoms with Crippen molar-refractivity contribution in [3.8, 4) is 12.3 Å². The molecule has 1 aromatic carbocycles. The van der Waals surface area contributed by atoms with E-state index < -0.39 is 59.1 Å². The first kappa shape index (κ1) is 35.6. The normalized spacial score (nSPS) is 21.4. The van der Waals surface area contributed by atoms with Gasteiger partial charge in [0.15, 0.2) is 17.0 Å². The van der Waals surface area contributed by atoms with Gasteiger partial charge in [-0.25, -0.2) is 19.7 Å². The number of nitro benzene ring substituents is 1. The largest absolute Gasteiger partial charge is 0.464 e. The highest BCUT2D eigenvalue weighted by Gasteiger charge is 2.63. The highest BCUT2D eigenvalue weighted by Crippen LogP contribution is 2.44. The Labute approximate surface area is 291 Å². The van der Waals surface area contributed by atoms with Crippen LogP contribution in [-0.4, -0.2) is 78.4 Å². The molecule has 19 heteroatoms. The molecule has 49 heavy (non-hydrogen) atoms. The second-order valence-corrected chi connectivity index (χ2v) is 11.9. The number of thiazole rings is 1. The third-order valence-electron chi connectivity index (χ3n) is 7.45. The van der Waals surface area contributed by atoms with Crippen LogP contribution in [0.3, 0.4) is 0 Å². The lowest BCUT2D eigenvalue weighted by molar-refractivity contribution is -0.384. The summed E-state index contributed by atoms with van der Waals surface area (Å²) in [6.45, 7) is 3.22. The number of hydrogen-bond donors (Lipinski definition) is 0. The Morgan fingerprint density at radius 1 is 1.18 bits per heavy atom. The highest BCUT2D eigenvalue weighted by molar-refractivity contribution is 7.07. The monoisotopic (exact) mass is 732 g/mol. The average Bonchev–Trinajstić information content (AvgIpc) is 3.79. The molecule has 4 heterocycles. The molecular formula is C30H26Cl2N6O10S. The first-order valence-corrected chi connectivity index (χ1v) is 16.0. The molecule has 256 valence electrons. The molecule has 1 unspecified atom stereocenters. The Morgan fingerprint density at radius 3 is 2.51 bits per heavy atom. The summed E-state index contributed by atoms with van der Waals surface area (Å²) in [5, 5.41) is 12.6. The van der Waals surface area contributed by atoms with Crippen molar-refractivity contribution in [3.05, 3.63) is 73.3 Å². The van der Waals surface area contributed by atoms with Crippen LogP contribution in [0.15, 0.2) is 41.5 Å². The van der Waals surface area contributed by atoms with Gasteiger partial charge in [0, 0.05) is 37.8 Å². The number of carbonyl (C=O) groups is 3. The zero-order valence-electron chi connectivity index (χ0n) is 25.9. The van der Waals surface area contributed by atoms with Crippen molar-refractivity contribution in [3.63, 3.8) is 0 Å². The Kier molecular flexibility index (Phi) is 10.5. The number of fused-ring (bicyclic) bond motifs is 1. The summed E-state index contributed by atoms with van der Waals surface area (Å²) in [6.07, 6.45) is 2.81. The maximum atomic E-state index is 13.8. The van der Waals surface area contributed by atoms with E-state index in [2.05, 4.69) is 25.9 Å². The van der Waals surface area contributed by atoms with Crippen LogP contribution in [0.1, 0.15) is 38.3 Å². The molecule has 5 rings (SSSR count). The van der Waals surface area contributed by atoms with Crippen LogP contribution in [0.25, 0.3) is 11.2 Å². The molecule has 16 nitrogen and oxygen atoms in total. The van der Waals surface area contributed by atoms with E-state index in [1.807, 2.05) is 0 Å². The van der Waals surface area contributed by atoms with E-state index in [0.29, 0.717) is 5.56 Å². The first-order chi connectivity index (χ1) is 23.3. The van der Waals surface area contributed by atoms with Gasteiger partial charge >= 0.3 is 17.9 Å². The van der Waals surface area contributed by atoms with Gasteiger partial charge in [-0.2, -0.15) is 4.98 Å². The molecule has 5 atom stereocenters. The zero-order chi connectivity index (χ0) is 35.5.